The highest BCUT2D eigenvalue weighted by atomic mass is 35.5. The van der Waals surface area contributed by atoms with Crippen molar-refractivity contribution in [3.05, 3.63) is 93.2 Å². The van der Waals surface area contributed by atoms with Gasteiger partial charge in [-0.05, 0) is 59.7 Å². The Morgan fingerprint density at radius 3 is 2.24 bits per heavy atom. The zero-order chi connectivity index (χ0) is 28.0. The topological polar surface area (TPSA) is 49.4 Å². The molecule has 0 aromatic heterocycles. The molecule has 2 amide bonds. The standard InChI is InChI=1S/C26H18Cl4F4N2O2/c1-36(17-7-4-15(31)5-8-17)24(38)18-11-16(6-9-19(18)27)35-23(37)22-21(26(22,29)30)13-2-3-14(20(28)10-13)12-25(32,33)34/h2-11,21-22H,12H2,1H3,(H,35,37). The lowest BCUT2D eigenvalue weighted by atomic mass is 10.0. The van der Waals surface area contributed by atoms with Crippen LogP contribution in [0.15, 0.2) is 60.7 Å². The predicted octanol–water partition coefficient (Wildman–Crippen LogP) is 8.04. The van der Waals surface area contributed by atoms with Crippen molar-refractivity contribution in [3.8, 4) is 0 Å². The highest BCUT2D eigenvalue weighted by Gasteiger charge is 2.67. The van der Waals surface area contributed by atoms with Crippen molar-refractivity contribution in [2.45, 2.75) is 22.8 Å². The Bertz CT molecular complexity index is 1400. The second-order valence-corrected chi connectivity index (χ2v) is 11.1. The van der Waals surface area contributed by atoms with Gasteiger partial charge in [0, 0.05) is 29.4 Å². The molecule has 0 bridgehead atoms. The first kappa shape index (κ1) is 28.5. The number of carbonyl (C=O) groups is 2. The molecule has 2 atom stereocenters. The van der Waals surface area contributed by atoms with E-state index >= 15 is 0 Å². The zero-order valence-corrected chi connectivity index (χ0v) is 22.4. The van der Waals surface area contributed by atoms with Gasteiger partial charge in [0.05, 0.1) is 22.9 Å². The maximum atomic E-state index is 13.2. The molecular formula is C26H18Cl4F4N2O2. The lowest BCUT2D eigenvalue weighted by Crippen LogP contribution is -2.26. The molecule has 12 heteroatoms. The Labute approximate surface area is 235 Å². The fraction of sp³-hybridized carbons (Fsp3) is 0.231. The van der Waals surface area contributed by atoms with Crippen molar-refractivity contribution in [2.24, 2.45) is 5.92 Å². The summed E-state index contributed by atoms with van der Waals surface area (Å²) in [4.78, 5) is 27.3. The van der Waals surface area contributed by atoms with Crippen LogP contribution >= 0.6 is 46.4 Å². The van der Waals surface area contributed by atoms with Gasteiger partial charge >= 0.3 is 6.18 Å². The summed E-state index contributed by atoms with van der Waals surface area (Å²) in [6.07, 6.45) is -5.62. The molecule has 0 aliphatic heterocycles. The van der Waals surface area contributed by atoms with Gasteiger partial charge in [-0.3, -0.25) is 9.59 Å². The molecule has 1 aliphatic carbocycles. The summed E-state index contributed by atoms with van der Waals surface area (Å²) in [7, 11) is 1.49. The quantitative estimate of drug-likeness (QED) is 0.228. The number of benzene rings is 3. The number of hydrogen-bond acceptors (Lipinski definition) is 2. The van der Waals surface area contributed by atoms with Gasteiger partial charge in [0.1, 0.15) is 10.2 Å². The second kappa shape index (κ2) is 10.6. The highest BCUT2D eigenvalue weighted by molar-refractivity contribution is 6.53. The summed E-state index contributed by atoms with van der Waals surface area (Å²) >= 11 is 25.0. The predicted molar refractivity (Wildman–Crippen MR) is 141 cm³/mol. The van der Waals surface area contributed by atoms with E-state index in [4.69, 9.17) is 46.4 Å². The number of anilines is 2. The van der Waals surface area contributed by atoms with Gasteiger partial charge in [-0.15, -0.1) is 23.2 Å². The van der Waals surface area contributed by atoms with Crippen molar-refractivity contribution in [2.75, 3.05) is 17.3 Å². The van der Waals surface area contributed by atoms with Gasteiger partial charge in [0.15, 0.2) is 0 Å². The van der Waals surface area contributed by atoms with Gasteiger partial charge in [0.25, 0.3) is 5.91 Å². The Morgan fingerprint density at radius 1 is 0.974 bits per heavy atom. The van der Waals surface area contributed by atoms with Crippen LogP contribution in [-0.2, 0) is 11.2 Å². The van der Waals surface area contributed by atoms with Gasteiger partial charge < -0.3 is 10.2 Å². The van der Waals surface area contributed by atoms with Gasteiger partial charge in [-0.1, -0.05) is 35.3 Å². The third-order valence-corrected chi connectivity index (χ3v) is 7.77. The minimum atomic E-state index is -4.43. The van der Waals surface area contributed by atoms with Crippen LogP contribution in [-0.4, -0.2) is 29.4 Å². The monoisotopic (exact) mass is 606 g/mol. The molecule has 1 aliphatic rings. The number of nitrogens with zero attached hydrogens (tertiary/aromatic N) is 1. The molecule has 0 radical (unpaired) electrons. The average Bonchev–Trinajstić information content (AvgIpc) is 3.42. The smallest absolute Gasteiger partial charge is 0.326 e. The minimum absolute atomic E-state index is 0.0821. The van der Waals surface area contributed by atoms with E-state index in [-0.39, 0.29) is 26.9 Å². The molecule has 2 unspecified atom stereocenters. The Morgan fingerprint density at radius 2 is 1.63 bits per heavy atom. The molecule has 1 saturated carbocycles. The fourth-order valence-electron chi connectivity index (χ4n) is 4.13. The van der Waals surface area contributed by atoms with Gasteiger partial charge in [0.2, 0.25) is 5.91 Å². The van der Waals surface area contributed by atoms with Crippen LogP contribution in [0.25, 0.3) is 0 Å². The molecule has 3 aromatic rings. The molecule has 1 N–H and O–H groups in total. The van der Waals surface area contributed by atoms with E-state index in [1.54, 1.807) is 0 Å². The number of nitrogens with one attached hydrogen (secondary N) is 1. The van der Waals surface area contributed by atoms with Gasteiger partial charge in [-0.2, -0.15) is 13.2 Å². The van der Waals surface area contributed by atoms with Crippen molar-refractivity contribution in [1.29, 1.82) is 0 Å². The number of hydrogen-bond donors (Lipinski definition) is 1. The van der Waals surface area contributed by atoms with E-state index < -0.39 is 46.4 Å². The number of carbonyl (C=O) groups excluding carboxylic acids is 2. The number of halogens is 8. The number of amides is 2. The molecule has 4 nitrogen and oxygen atoms in total. The Balaban J connectivity index is 1.50. The molecule has 0 heterocycles. The van der Waals surface area contributed by atoms with Crippen LogP contribution in [0, 0.1) is 11.7 Å². The van der Waals surface area contributed by atoms with E-state index in [9.17, 15) is 27.2 Å². The third-order valence-electron chi connectivity index (χ3n) is 6.15. The second-order valence-electron chi connectivity index (χ2n) is 8.80. The van der Waals surface area contributed by atoms with E-state index in [2.05, 4.69) is 5.32 Å². The lowest BCUT2D eigenvalue weighted by Gasteiger charge is -2.18. The first-order valence-electron chi connectivity index (χ1n) is 11.1. The maximum Gasteiger partial charge on any atom is 0.393 e. The van der Waals surface area contributed by atoms with Crippen LogP contribution in [0.1, 0.15) is 27.4 Å². The molecule has 200 valence electrons. The van der Waals surface area contributed by atoms with Crippen molar-refractivity contribution < 1.29 is 27.2 Å². The Hall–Kier alpha value is -2.52. The molecule has 0 spiro atoms. The van der Waals surface area contributed by atoms with Crippen LogP contribution in [0.3, 0.4) is 0 Å². The SMILES string of the molecule is CN(C(=O)c1cc(NC(=O)C2C(c3ccc(CC(F)(F)F)c(Cl)c3)C2(Cl)Cl)ccc1Cl)c1ccc(F)cc1. The molecule has 3 aromatic carbocycles. The van der Waals surface area contributed by atoms with Crippen LogP contribution in [0.4, 0.5) is 28.9 Å². The molecule has 1 fully saturated rings. The summed E-state index contributed by atoms with van der Waals surface area (Å²) in [5.74, 6) is -3.18. The first-order chi connectivity index (χ1) is 17.7. The average molecular weight is 608 g/mol. The molecule has 38 heavy (non-hydrogen) atoms. The summed E-state index contributed by atoms with van der Waals surface area (Å²) in [6, 6.07) is 13.6. The summed E-state index contributed by atoms with van der Waals surface area (Å²) in [5.41, 5.74) is 1.06. The summed E-state index contributed by atoms with van der Waals surface area (Å²) in [5, 5.41) is 2.67. The first-order valence-corrected chi connectivity index (χ1v) is 12.6. The van der Waals surface area contributed by atoms with Crippen molar-refractivity contribution in [3.63, 3.8) is 0 Å². The van der Waals surface area contributed by atoms with E-state index in [0.29, 0.717) is 11.3 Å². The van der Waals surface area contributed by atoms with E-state index in [1.165, 1.54) is 72.6 Å². The third kappa shape index (κ3) is 6.04. The fourth-order valence-corrected chi connectivity index (χ4v) is 5.42. The van der Waals surface area contributed by atoms with Crippen molar-refractivity contribution >= 4 is 69.6 Å². The van der Waals surface area contributed by atoms with Gasteiger partial charge in [-0.25, -0.2) is 4.39 Å². The zero-order valence-electron chi connectivity index (χ0n) is 19.4. The van der Waals surface area contributed by atoms with Crippen LogP contribution in [0.5, 0.6) is 0 Å². The van der Waals surface area contributed by atoms with Crippen molar-refractivity contribution in [1.82, 2.24) is 0 Å². The van der Waals surface area contributed by atoms with Crippen LogP contribution < -0.4 is 10.2 Å². The molecule has 4 rings (SSSR count). The normalized spacial score (nSPS) is 18.1. The van der Waals surface area contributed by atoms with E-state index in [1.807, 2.05) is 0 Å². The number of alkyl halides is 5. The Kier molecular flexibility index (Phi) is 7.92. The summed E-state index contributed by atoms with van der Waals surface area (Å²) in [6.45, 7) is 0. The lowest BCUT2D eigenvalue weighted by molar-refractivity contribution is -0.127. The van der Waals surface area contributed by atoms with Crippen LogP contribution in [0.2, 0.25) is 10.0 Å². The number of rotatable bonds is 6. The molecular weight excluding hydrogens is 590 g/mol. The summed E-state index contributed by atoms with van der Waals surface area (Å²) < 4.78 is 49.9. The highest BCUT2D eigenvalue weighted by Crippen LogP contribution is 2.65. The molecule has 0 saturated heterocycles. The maximum absolute atomic E-state index is 13.2. The minimum Gasteiger partial charge on any atom is -0.326 e. The van der Waals surface area contributed by atoms with E-state index in [0.717, 1.165) is 0 Å². The largest absolute Gasteiger partial charge is 0.393 e.